The molecule has 0 radical (unpaired) electrons. The van der Waals surface area contributed by atoms with Crippen LogP contribution in [0, 0.1) is 0 Å². The van der Waals surface area contributed by atoms with Gasteiger partial charge in [-0.05, 0) is 173 Å². The summed E-state index contributed by atoms with van der Waals surface area (Å²) in [5.41, 5.74) is 19.9. The Labute approximate surface area is 689 Å². The SMILES string of the molecule is COc1ccc(CN(CC(=O)N(CCCNC(=O)CCCOc2cccc(-c3nc4ccc(-c5nc6cc(N7CCN(C)CC7)ccc6[nH]5)cc4[nH]3)c2)CC(N)=O)C(=O)CN(Cc2cccnc2)C(=O)CN(C(=O)CN(C)C(=O)CCCOc2cccc(-c3nc4ccc(-c5nc6cc(N7CCN(C)CC7)ccc6[nH]5)cc4[nH]3)c2)C2CC2)cc1. The Balaban J connectivity index is 0.515. The number of benzene rings is 7. The number of ether oxygens (including phenoxy) is 3. The number of H-pyrrole nitrogens is 4. The third-order valence-electron chi connectivity index (χ3n) is 22.0. The number of nitrogens with zero attached hydrogens (tertiary/aromatic N) is 14. The molecular formula is C89H100N20O10. The quantitative estimate of drug-likeness (QED) is 0.0199. The van der Waals surface area contributed by atoms with E-state index in [2.05, 4.69) is 100 Å². The molecule has 7 aromatic carbocycles. The van der Waals surface area contributed by atoms with Gasteiger partial charge in [0.2, 0.25) is 41.4 Å². The summed E-state index contributed by atoms with van der Waals surface area (Å²) in [5, 5.41) is 2.90. The van der Waals surface area contributed by atoms with Crippen LogP contribution in [0.1, 0.15) is 56.1 Å². The van der Waals surface area contributed by atoms with E-state index in [0.29, 0.717) is 65.7 Å². The minimum atomic E-state index is -0.782. The summed E-state index contributed by atoms with van der Waals surface area (Å²) >= 11 is 0. The van der Waals surface area contributed by atoms with Crippen LogP contribution in [0.5, 0.6) is 17.2 Å². The number of nitrogens with one attached hydrogen (secondary N) is 5. The number of pyridine rings is 1. The second-order valence-electron chi connectivity index (χ2n) is 30.9. The normalized spacial score (nSPS) is 13.9. The van der Waals surface area contributed by atoms with Gasteiger partial charge < -0.3 is 89.3 Å². The molecular weight excluding hydrogens is 1510 g/mol. The van der Waals surface area contributed by atoms with Crippen LogP contribution in [0.3, 0.4) is 0 Å². The molecule has 3 aliphatic rings. The van der Waals surface area contributed by atoms with Gasteiger partial charge in [-0.25, -0.2) is 19.9 Å². The highest BCUT2D eigenvalue weighted by molar-refractivity contribution is 5.94. The topological polar surface area (TPSA) is 342 Å². The zero-order chi connectivity index (χ0) is 82.5. The molecule has 5 aromatic heterocycles. The molecule has 30 heteroatoms. The molecule has 119 heavy (non-hydrogen) atoms. The van der Waals surface area contributed by atoms with E-state index >= 15 is 0 Å². The average Bonchev–Trinajstić information content (AvgIpc) is 1.64. The highest BCUT2D eigenvalue weighted by atomic mass is 16.5. The number of hydrogen-bond acceptors (Lipinski definition) is 19. The van der Waals surface area contributed by atoms with Gasteiger partial charge in [-0.3, -0.25) is 38.5 Å². The Morgan fingerprint density at radius 1 is 0.471 bits per heavy atom. The van der Waals surface area contributed by atoms with Gasteiger partial charge in [0.1, 0.15) is 60.2 Å². The minimum absolute atomic E-state index is 0.0126. The van der Waals surface area contributed by atoms with Gasteiger partial charge in [0.25, 0.3) is 0 Å². The Kier molecular flexibility index (Phi) is 25.4. The van der Waals surface area contributed by atoms with Crippen molar-refractivity contribution < 1.29 is 47.8 Å². The molecule has 0 atom stereocenters. The second kappa shape index (κ2) is 37.4. The lowest BCUT2D eigenvalue weighted by Gasteiger charge is -2.34. The van der Waals surface area contributed by atoms with Crippen LogP contribution in [0.4, 0.5) is 11.4 Å². The molecule has 0 spiro atoms. The summed E-state index contributed by atoms with van der Waals surface area (Å²) < 4.78 is 17.7. The van der Waals surface area contributed by atoms with Crippen LogP contribution >= 0.6 is 0 Å². The van der Waals surface area contributed by atoms with Gasteiger partial charge in [-0.1, -0.05) is 42.5 Å². The number of piperazine rings is 2. The highest BCUT2D eigenvalue weighted by Gasteiger charge is 2.37. The third kappa shape index (κ3) is 20.8. The molecule has 0 bridgehead atoms. The van der Waals surface area contributed by atoms with E-state index in [1.54, 1.807) is 55.8 Å². The molecule has 7 heterocycles. The molecule has 2 aliphatic heterocycles. The third-order valence-corrected chi connectivity index (χ3v) is 22.0. The number of hydrogen-bond donors (Lipinski definition) is 6. The lowest BCUT2D eigenvalue weighted by molar-refractivity contribution is -0.148. The maximum Gasteiger partial charge on any atom is 0.242 e. The number of aromatic nitrogens is 9. The number of aromatic amines is 4. The van der Waals surface area contributed by atoms with Crippen LogP contribution in [-0.2, 0) is 46.7 Å². The molecule has 12 aromatic rings. The summed E-state index contributed by atoms with van der Waals surface area (Å²) in [5.74, 6) is 1.19. The van der Waals surface area contributed by atoms with Crippen molar-refractivity contribution in [1.82, 2.24) is 84.5 Å². The maximum atomic E-state index is 14.9. The first-order valence-corrected chi connectivity index (χ1v) is 40.6. The molecule has 3 fully saturated rings. The zero-order valence-electron chi connectivity index (χ0n) is 67.5. The number of imidazole rings is 4. The van der Waals surface area contributed by atoms with E-state index < -0.39 is 49.2 Å². The first kappa shape index (κ1) is 80.9. The van der Waals surface area contributed by atoms with Crippen molar-refractivity contribution in [2.45, 2.75) is 64.1 Å². The van der Waals surface area contributed by atoms with Crippen LogP contribution in [-0.4, -0.2) is 266 Å². The second-order valence-corrected chi connectivity index (χ2v) is 30.9. The fraction of sp³-hybridized carbons (Fsp3) is 0.348. The molecule has 15 rings (SSSR count). The van der Waals surface area contributed by atoms with Crippen molar-refractivity contribution in [3.8, 4) is 62.8 Å². The van der Waals surface area contributed by atoms with Crippen molar-refractivity contribution in [1.29, 1.82) is 0 Å². The number of likely N-dealkylation sites (N-methyl/N-ethyl adjacent to an activating group) is 3. The number of amides is 7. The fourth-order valence-corrected chi connectivity index (χ4v) is 15.0. The van der Waals surface area contributed by atoms with Gasteiger partial charge in [0.15, 0.2) is 0 Å². The van der Waals surface area contributed by atoms with Gasteiger partial charge in [0.05, 0.1) is 77.5 Å². The predicted molar refractivity (Wildman–Crippen MR) is 456 cm³/mol. The van der Waals surface area contributed by atoms with E-state index in [1.807, 2.05) is 84.9 Å². The lowest BCUT2D eigenvalue weighted by Crippen LogP contribution is -2.51. The number of carbonyl (C=O) groups is 7. The van der Waals surface area contributed by atoms with Crippen molar-refractivity contribution in [3.05, 3.63) is 181 Å². The molecule has 7 amide bonds. The molecule has 0 unspecified atom stereocenters. The maximum absolute atomic E-state index is 14.9. The Bertz CT molecular complexity index is 5610. The zero-order valence-corrected chi connectivity index (χ0v) is 67.5. The monoisotopic (exact) mass is 1610 g/mol. The van der Waals surface area contributed by atoms with Crippen LogP contribution in [0.2, 0.25) is 0 Å². The van der Waals surface area contributed by atoms with Crippen LogP contribution < -0.4 is 35.1 Å². The van der Waals surface area contributed by atoms with Crippen molar-refractivity contribution in [2.75, 3.05) is 149 Å². The van der Waals surface area contributed by atoms with E-state index in [1.165, 1.54) is 43.0 Å². The van der Waals surface area contributed by atoms with Gasteiger partial charge in [-0.2, -0.15) is 0 Å². The summed E-state index contributed by atoms with van der Waals surface area (Å²) in [6, 6.07) is 50.2. The number of nitrogens with two attached hydrogens (primary N) is 1. The number of methoxy groups -OCH3 is 1. The van der Waals surface area contributed by atoms with Gasteiger partial charge in [0, 0.05) is 150 Å². The first-order valence-electron chi connectivity index (χ1n) is 40.6. The highest BCUT2D eigenvalue weighted by Crippen LogP contribution is 2.34. The predicted octanol–water partition coefficient (Wildman–Crippen LogP) is 9.11. The molecule has 7 N–H and O–H groups in total. The van der Waals surface area contributed by atoms with Crippen LogP contribution in [0.25, 0.3) is 89.7 Å². The number of fused-ring (bicyclic) bond motifs is 4. The minimum Gasteiger partial charge on any atom is -0.497 e. The van der Waals surface area contributed by atoms with E-state index in [9.17, 15) is 33.6 Å². The number of rotatable bonds is 36. The fourth-order valence-electron chi connectivity index (χ4n) is 15.0. The van der Waals surface area contributed by atoms with Gasteiger partial charge >= 0.3 is 0 Å². The summed E-state index contributed by atoms with van der Waals surface area (Å²) in [7, 11) is 7.39. The van der Waals surface area contributed by atoms with Crippen molar-refractivity contribution in [3.63, 3.8) is 0 Å². The summed E-state index contributed by atoms with van der Waals surface area (Å²) in [4.78, 5) is 152. The van der Waals surface area contributed by atoms with Gasteiger partial charge in [-0.15, -0.1) is 0 Å². The van der Waals surface area contributed by atoms with E-state index in [0.717, 1.165) is 130 Å². The Hall–Kier alpha value is -13.2. The molecule has 2 saturated heterocycles. The lowest BCUT2D eigenvalue weighted by atomic mass is 10.2. The molecule has 616 valence electrons. The largest absolute Gasteiger partial charge is 0.497 e. The molecule has 30 nitrogen and oxygen atoms in total. The van der Waals surface area contributed by atoms with E-state index in [4.69, 9.17) is 39.9 Å². The number of carbonyl (C=O) groups excluding carboxylic acids is 7. The molecule has 1 aliphatic carbocycles. The Morgan fingerprint density at radius 3 is 1.50 bits per heavy atom. The molecule has 1 saturated carbocycles. The first-order chi connectivity index (χ1) is 57.8. The van der Waals surface area contributed by atoms with Crippen LogP contribution in [0.15, 0.2) is 170 Å². The van der Waals surface area contributed by atoms with Crippen molar-refractivity contribution in [2.24, 2.45) is 5.73 Å². The van der Waals surface area contributed by atoms with Crippen molar-refractivity contribution >= 4 is 96.9 Å². The standard InChI is InChI=1S/C89H100N20O10/c1-101-35-39-104(40-36-101)66-24-30-73-77(49-66)99-88(95-73)63-20-28-71-75(47-63)97-86(93-71)61-12-5-14-69(45-61)118-43-8-16-80(111)92-33-10-34-106(54-79(90)110)82(113)56-107(52-59-18-26-68(117-4)27-19-59)83(114)57-108(53-60-11-7-32-91-51-60)84(115)58-109(65-22-23-65)85(116)55-103(3)81(112)17-9-44-119-70-15-6-13-62(46-70)87-94-72-29-21-64(48-76(72)98-87)89-96-74-31-25-67(50-78(74)100-89)105-41-37-102(2)38-42-105/h5-7,11-15,18-21,24-32,45-51,65H,8-10,16-17,22-23,33-44,52-58H2,1-4H3,(H2,90,110)(H,92,111)(H,93,97)(H,94,98)(H,95,99)(H,96,100). The Morgan fingerprint density at radius 2 is 0.975 bits per heavy atom. The smallest absolute Gasteiger partial charge is 0.242 e. The number of primary amides is 1. The summed E-state index contributed by atoms with van der Waals surface area (Å²) in [6.07, 6.45) is 5.73. The summed E-state index contributed by atoms with van der Waals surface area (Å²) in [6.45, 7) is 6.38. The average molecular weight is 1610 g/mol. The van der Waals surface area contributed by atoms with E-state index in [-0.39, 0.29) is 89.6 Å². The number of anilines is 2.